The number of hydrogen-bond acceptors (Lipinski definition) is 6. The fraction of sp³-hybridized carbons (Fsp3) is 0.227. The number of amides is 1. The summed E-state index contributed by atoms with van der Waals surface area (Å²) < 4.78 is 53.2. The van der Waals surface area contributed by atoms with E-state index in [9.17, 15) is 27.6 Å². The molecule has 1 heterocycles. The van der Waals surface area contributed by atoms with Crippen LogP contribution in [0.5, 0.6) is 5.75 Å². The van der Waals surface area contributed by atoms with E-state index in [1.807, 2.05) is 0 Å². The van der Waals surface area contributed by atoms with E-state index in [2.05, 4.69) is 5.32 Å². The summed E-state index contributed by atoms with van der Waals surface area (Å²) in [5.41, 5.74) is -1.02. The lowest BCUT2D eigenvalue weighted by atomic mass is 10.0. The molecule has 0 spiro atoms. The van der Waals surface area contributed by atoms with Gasteiger partial charge in [0, 0.05) is 29.5 Å². The maximum absolute atomic E-state index is 12.7. The predicted molar refractivity (Wildman–Crippen MR) is 107 cm³/mol. The fourth-order valence-electron chi connectivity index (χ4n) is 3.11. The number of methoxy groups -OCH3 is 2. The van der Waals surface area contributed by atoms with Crippen LogP contribution in [-0.4, -0.2) is 32.1 Å². The highest BCUT2D eigenvalue weighted by atomic mass is 19.4. The molecule has 0 radical (unpaired) electrons. The van der Waals surface area contributed by atoms with E-state index in [1.165, 1.54) is 19.2 Å². The standard InChI is InChI=1S/C22H18F3NO6/c1-30-15-7-8-16-13(10-19(27)32-18(16)11-15)9-17(21(29)31-2)26-20(28)12-3-5-14(6-4-12)22(23,24)25/h3-8,10-11,17H,9H2,1-2H3,(H,26,28)/t17-/m0/s1. The molecule has 168 valence electrons. The van der Waals surface area contributed by atoms with Crippen molar-refractivity contribution in [3.8, 4) is 5.75 Å². The molecular weight excluding hydrogens is 431 g/mol. The van der Waals surface area contributed by atoms with E-state index in [-0.39, 0.29) is 17.6 Å². The lowest BCUT2D eigenvalue weighted by Gasteiger charge is -2.18. The fourth-order valence-corrected chi connectivity index (χ4v) is 3.11. The third-order valence-corrected chi connectivity index (χ3v) is 4.73. The van der Waals surface area contributed by atoms with Gasteiger partial charge in [0.15, 0.2) is 0 Å². The first-order chi connectivity index (χ1) is 15.1. The van der Waals surface area contributed by atoms with E-state index in [1.54, 1.807) is 12.1 Å². The van der Waals surface area contributed by atoms with Crippen molar-refractivity contribution in [1.29, 1.82) is 0 Å². The Morgan fingerprint density at radius 3 is 2.34 bits per heavy atom. The van der Waals surface area contributed by atoms with Gasteiger partial charge in [0.2, 0.25) is 0 Å². The number of carbonyl (C=O) groups is 2. The number of nitrogens with one attached hydrogen (secondary N) is 1. The van der Waals surface area contributed by atoms with Crippen LogP contribution in [0.15, 0.2) is 57.7 Å². The minimum atomic E-state index is -4.54. The normalized spacial score (nSPS) is 12.3. The number of carbonyl (C=O) groups excluding carboxylic acids is 2. The molecule has 0 aliphatic carbocycles. The molecule has 3 aromatic rings. The number of benzene rings is 2. The van der Waals surface area contributed by atoms with E-state index in [0.29, 0.717) is 16.7 Å². The average Bonchev–Trinajstić information content (AvgIpc) is 2.76. The molecule has 0 aliphatic rings. The Bertz CT molecular complexity index is 1200. The number of ether oxygens (including phenoxy) is 2. The minimum Gasteiger partial charge on any atom is -0.497 e. The van der Waals surface area contributed by atoms with Gasteiger partial charge >= 0.3 is 17.8 Å². The predicted octanol–water partition coefficient (Wildman–Crippen LogP) is 3.33. The zero-order valence-electron chi connectivity index (χ0n) is 17.0. The average molecular weight is 449 g/mol. The zero-order chi connectivity index (χ0) is 23.5. The first kappa shape index (κ1) is 22.9. The van der Waals surface area contributed by atoms with E-state index < -0.39 is 35.3 Å². The van der Waals surface area contributed by atoms with Crippen LogP contribution in [0, 0.1) is 0 Å². The number of fused-ring (bicyclic) bond motifs is 1. The van der Waals surface area contributed by atoms with Gasteiger partial charge in [-0.15, -0.1) is 0 Å². The van der Waals surface area contributed by atoms with Crippen LogP contribution in [0.3, 0.4) is 0 Å². The minimum absolute atomic E-state index is 0.0749. The molecule has 1 aromatic heterocycles. The quantitative estimate of drug-likeness (QED) is 0.458. The summed E-state index contributed by atoms with van der Waals surface area (Å²) in [6.07, 6.45) is -4.66. The summed E-state index contributed by atoms with van der Waals surface area (Å²) in [5, 5.41) is 2.96. The van der Waals surface area contributed by atoms with Crippen LogP contribution in [0.2, 0.25) is 0 Å². The second kappa shape index (κ2) is 9.13. The van der Waals surface area contributed by atoms with Crippen LogP contribution in [0.25, 0.3) is 11.0 Å². The molecular formula is C22H18F3NO6. The Morgan fingerprint density at radius 2 is 1.75 bits per heavy atom. The first-order valence-electron chi connectivity index (χ1n) is 9.29. The van der Waals surface area contributed by atoms with Crippen molar-refractivity contribution in [2.45, 2.75) is 18.6 Å². The Labute approximate surface area is 179 Å². The number of halogens is 3. The maximum Gasteiger partial charge on any atom is 0.416 e. The summed E-state index contributed by atoms with van der Waals surface area (Å²) in [6.45, 7) is 0. The Kier molecular flexibility index (Phi) is 6.52. The van der Waals surface area contributed by atoms with Crippen LogP contribution >= 0.6 is 0 Å². The highest BCUT2D eigenvalue weighted by Crippen LogP contribution is 2.29. The topological polar surface area (TPSA) is 94.8 Å². The number of rotatable bonds is 6. The number of alkyl halides is 3. The molecule has 0 fully saturated rings. The molecule has 0 saturated carbocycles. The van der Waals surface area contributed by atoms with Crippen molar-refractivity contribution in [1.82, 2.24) is 5.32 Å². The molecule has 0 aliphatic heterocycles. The molecule has 0 unspecified atom stereocenters. The van der Waals surface area contributed by atoms with Gasteiger partial charge in [-0.1, -0.05) is 0 Å². The Morgan fingerprint density at radius 1 is 1.06 bits per heavy atom. The second-order valence-electron chi connectivity index (χ2n) is 6.78. The molecule has 10 heteroatoms. The van der Waals surface area contributed by atoms with Crippen LogP contribution in [-0.2, 0) is 22.1 Å². The van der Waals surface area contributed by atoms with Gasteiger partial charge in [0.05, 0.1) is 19.8 Å². The van der Waals surface area contributed by atoms with Crippen molar-refractivity contribution in [3.05, 3.63) is 75.6 Å². The summed E-state index contributed by atoms with van der Waals surface area (Å²) in [4.78, 5) is 36.8. The summed E-state index contributed by atoms with van der Waals surface area (Å²) >= 11 is 0. The molecule has 1 amide bonds. The first-order valence-corrected chi connectivity index (χ1v) is 9.29. The Balaban J connectivity index is 1.89. The van der Waals surface area contributed by atoms with Crippen molar-refractivity contribution in [2.75, 3.05) is 14.2 Å². The lowest BCUT2D eigenvalue weighted by Crippen LogP contribution is -2.43. The smallest absolute Gasteiger partial charge is 0.416 e. The largest absolute Gasteiger partial charge is 0.497 e. The van der Waals surface area contributed by atoms with Crippen molar-refractivity contribution in [3.63, 3.8) is 0 Å². The van der Waals surface area contributed by atoms with Gasteiger partial charge in [-0.2, -0.15) is 13.2 Å². The molecule has 1 N–H and O–H groups in total. The van der Waals surface area contributed by atoms with Gasteiger partial charge in [-0.05, 0) is 42.0 Å². The highest BCUT2D eigenvalue weighted by molar-refractivity contribution is 5.97. The van der Waals surface area contributed by atoms with E-state index in [0.717, 1.165) is 31.4 Å². The van der Waals surface area contributed by atoms with E-state index in [4.69, 9.17) is 13.9 Å². The Hall–Kier alpha value is -3.82. The number of hydrogen-bond donors (Lipinski definition) is 1. The molecule has 32 heavy (non-hydrogen) atoms. The lowest BCUT2D eigenvalue weighted by molar-refractivity contribution is -0.142. The zero-order valence-corrected chi connectivity index (χ0v) is 17.0. The van der Waals surface area contributed by atoms with Crippen molar-refractivity contribution in [2.24, 2.45) is 0 Å². The molecule has 2 aromatic carbocycles. The van der Waals surface area contributed by atoms with Gasteiger partial charge in [0.25, 0.3) is 5.91 Å². The van der Waals surface area contributed by atoms with Crippen LogP contribution < -0.4 is 15.7 Å². The summed E-state index contributed by atoms with van der Waals surface area (Å²) in [7, 11) is 2.58. The number of esters is 1. The van der Waals surface area contributed by atoms with Gasteiger partial charge in [-0.25, -0.2) is 9.59 Å². The van der Waals surface area contributed by atoms with Crippen molar-refractivity contribution >= 4 is 22.8 Å². The SMILES string of the molecule is COC(=O)[C@H](Cc1cc(=O)oc2cc(OC)ccc12)NC(=O)c1ccc(C(F)(F)F)cc1. The van der Waals surface area contributed by atoms with Gasteiger partial charge < -0.3 is 19.2 Å². The van der Waals surface area contributed by atoms with E-state index >= 15 is 0 Å². The molecule has 1 atom stereocenters. The van der Waals surface area contributed by atoms with Crippen LogP contribution in [0.1, 0.15) is 21.5 Å². The summed E-state index contributed by atoms with van der Waals surface area (Å²) in [6, 6.07) is 8.32. The third-order valence-electron chi connectivity index (χ3n) is 4.73. The maximum atomic E-state index is 12.7. The van der Waals surface area contributed by atoms with Gasteiger partial charge in [0.1, 0.15) is 17.4 Å². The molecule has 7 nitrogen and oxygen atoms in total. The monoisotopic (exact) mass is 449 g/mol. The summed E-state index contributed by atoms with van der Waals surface area (Å²) in [5.74, 6) is -1.11. The highest BCUT2D eigenvalue weighted by Gasteiger charge is 2.30. The van der Waals surface area contributed by atoms with Crippen LogP contribution in [0.4, 0.5) is 13.2 Å². The van der Waals surface area contributed by atoms with Crippen molar-refractivity contribution < 1.29 is 36.7 Å². The van der Waals surface area contributed by atoms with Gasteiger partial charge in [-0.3, -0.25) is 4.79 Å². The molecule has 0 saturated heterocycles. The molecule has 0 bridgehead atoms. The second-order valence-corrected chi connectivity index (χ2v) is 6.78. The molecule has 3 rings (SSSR count). The third kappa shape index (κ3) is 5.08.